The zero-order valence-corrected chi connectivity index (χ0v) is 24.4. The van der Waals surface area contributed by atoms with E-state index < -0.39 is 50.3 Å². The number of para-hydroxylation sites is 1. The highest BCUT2D eigenvalue weighted by molar-refractivity contribution is 7.52. The maximum absolute atomic E-state index is 13.9. The molecule has 0 bridgehead atoms. The maximum atomic E-state index is 13.9. The number of hydrogen-bond donors (Lipinski definition) is 4. The van der Waals surface area contributed by atoms with Crippen molar-refractivity contribution in [2.45, 2.75) is 76.1 Å². The minimum atomic E-state index is -4.32. The van der Waals surface area contributed by atoms with Gasteiger partial charge in [0.15, 0.2) is 5.82 Å². The smallest absolute Gasteiger partial charge is 0.459 e. The van der Waals surface area contributed by atoms with Gasteiger partial charge < -0.3 is 29.9 Å². The predicted octanol–water partition coefficient (Wildman–Crippen LogP) is 2.45. The summed E-state index contributed by atoms with van der Waals surface area (Å²) >= 11 is 0. The van der Waals surface area contributed by atoms with Crippen LogP contribution in [0.1, 0.15) is 45.7 Å². The van der Waals surface area contributed by atoms with E-state index in [1.807, 2.05) is 19.9 Å². The second kappa shape index (κ2) is 13.2. The number of nitriles is 1. The monoisotopic (exact) mass is 602 g/mol. The highest BCUT2D eigenvalue weighted by Crippen LogP contribution is 2.47. The zero-order valence-electron chi connectivity index (χ0n) is 23.5. The lowest BCUT2D eigenvalue weighted by molar-refractivity contribution is -0.151. The second-order valence-corrected chi connectivity index (χ2v) is 11.6. The average Bonchev–Trinajstić information content (AvgIpc) is 3.52. The number of benzene rings is 1. The summed E-state index contributed by atoms with van der Waals surface area (Å²) in [5.74, 6) is -0.328. The van der Waals surface area contributed by atoms with Gasteiger partial charge in [0.1, 0.15) is 54.1 Å². The lowest BCUT2D eigenvalue weighted by atomic mass is 9.92. The van der Waals surface area contributed by atoms with Crippen LogP contribution in [0.15, 0.2) is 48.8 Å². The standard InChI is InChI=1S/C27H35N6O8P/c1-4-9-18(5-2)39-26(36)17(3)32-42(37,41-19-10-7-6-8-11-19)38-14-21-23(34)24(35)27(15-28,40-21)22-13-12-20-25(29)30-16-31-33(20)22/h6-8,10-13,16-18,21,23-24,34-35H,4-5,9,14H2,1-3H3,(H,32,37)(H2,29,30,31)/t17-,18?,21+,23+,24+,27-,42-/m0/s1. The van der Waals surface area contributed by atoms with E-state index in [1.54, 1.807) is 36.4 Å². The Morgan fingerprint density at radius 2 is 2.02 bits per heavy atom. The van der Waals surface area contributed by atoms with Gasteiger partial charge in [-0.25, -0.2) is 14.1 Å². The third kappa shape index (κ3) is 6.42. The topological polar surface area (TPSA) is 204 Å². The molecule has 1 saturated heterocycles. The molecule has 3 aromatic rings. The van der Waals surface area contributed by atoms with E-state index >= 15 is 0 Å². The van der Waals surface area contributed by atoms with Crippen LogP contribution >= 0.6 is 7.75 Å². The molecule has 14 nitrogen and oxygen atoms in total. The van der Waals surface area contributed by atoms with Gasteiger partial charge in [0, 0.05) is 0 Å². The van der Waals surface area contributed by atoms with Crippen molar-refractivity contribution in [2.24, 2.45) is 0 Å². The molecule has 42 heavy (non-hydrogen) atoms. The summed E-state index contributed by atoms with van der Waals surface area (Å²) in [6.07, 6.45) is -1.71. The Hall–Kier alpha value is -3.57. The minimum absolute atomic E-state index is 0.0962. The van der Waals surface area contributed by atoms with Gasteiger partial charge in [-0.3, -0.25) is 9.32 Å². The van der Waals surface area contributed by atoms with Crippen molar-refractivity contribution in [1.29, 1.82) is 5.26 Å². The largest absolute Gasteiger partial charge is 0.461 e. The normalized spacial score (nSPS) is 24.9. The van der Waals surface area contributed by atoms with E-state index in [1.165, 1.54) is 23.8 Å². The van der Waals surface area contributed by atoms with Crippen molar-refractivity contribution < 1.29 is 38.1 Å². The molecule has 0 saturated carbocycles. The van der Waals surface area contributed by atoms with Crippen LogP contribution in [-0.4, -0.2) is 67.8 Å². The van der Waals surface area contributed by atoms with Crippen LogP contribution in [0.2, 0.25) is 0 Å². The number of nitrogens with zero attached hydrogens (tertiary/aromatic N) is 4. The average molecular weight is 603 g/mol. The van der Waals surface area contributed by atoms with Gasteiger partial charge in [0.2, 0.25) is 5.60 Å². The molecule has 1 fully saturated rings. The van der Waals surface area contributed by atoms with Crippen LogP contribution in [0, 0.1) is 11.3 Å². The molecule has 226 valence electrons. The SMILES string of the molecule is CCCC(CC)OC(=O)[C@H](C)N[P@](=O)(OC[C@H]1O[C@@](C#N)(c2ccc3c(N)ncnn23)[C@H](O)[C@@H]1O)Oc1ccccc1. The number of rotatable bonds is 13. The molecule has 0 aliphatic carbocycles. The third-order valence-corrected chi connectivity index (χ3v) is 8.56. The molecule has 1 aromatic carbocycles. The highest BCUT2D eigenvalue weighted by Gasteiger charge is 2.58. The lowest BCUT2D eigenvalue weighted by Crippen LogP contribution is -2.41. The Morgan fingerprint density at radius 3 is 2.69 bits per heavy atom. The molecule has 1 aliphatic heterocycles. The van der Waals surface area contributed by atoms with E-state index in [-0.39, 0.29) is 23.4 Å². The highest BCUT2D eigenvalue weighted by atomic mass is 31.2. The lowest BCUT2D eigenvalue weighted by Gasteiger charge is -2.26. The Balaban J connectivity index is 1.55. The Bertz CT molecular complexity index is 1470. The summed E-state index contributed by atoms with van der Waals surface area (Å²) in [7, 11) is -4.32. The first-order chi connectivity index (χ1) is 20.1. The number of nitrogens with two attached hydrogens (primary N) is 1. The fraction of sp³-hybridized carbons (Fsp3) is 0.481. The predicted molar refractivity (Wildman–Crippen MR) is 150 cm³/mol. The molecule has 5 N–H and O–H groups in total. The number of aliphatic hydroxyl groups is 2. The summed E-state index contributed by atoms with van der Waals surface area (Å²) in [6.45, 7) is 4.75. The molecular weight excluding hydrogens is 567 g/mol. The van der Waals surface area contributed by atoms with Gasteiger partial charge in [-0.1, -0.05) is 38.5 Å². The number of aromatic nitrogens is 3. The summed E-state index contributed by atoms with van der Waals surface area (Å²) in [4.78, 5) is 16.7. The second-order valence-electron chi connectivity index (χ2n) is 9.90. The van der Waals surface area contributed by atoms with Gasteiger partial charge in [0.25, 0.3) is 0 Å². The van der Waals surface area contributed by atoms with Crippen LogP contribution < -0.4 is 15.3 Å². The van der Waals surface area contributed by atoms with Gasteiger partial charge in [0.05, 0.1) is 12.3 Å². The molecule has 1 aliphatic rings. The molecule has 1 unspecified atom stereocenters. The fourth-order valence-corrected chi connectivity index (χ4v) is 6.16. The van der Waals surface area contributed by atoms with Crippen molar-refractivity contribution in [3.8, 4) is 11.8 Å². The van der Waals surface area contributed by atoms with Crippen LogP contribution in [0.3, 0.4) is 0 Å². The first-order valence-corrected chi connectivity index (χ1v) is 15.1. The van der Waals surface area contributed by atoms with E-state index in [2.05, 4.69) is 15.2 Å². The molecule has 4 rings (SSSR count). The molecule has 15 heteroatoms. The minimum Gasteiger partial charge on any atom is -0.461 e. The van der Waals surface area contributed by atoms with Crippen LogP contribution in [0.25, 0.3) is 5.52 Å². The van der Waals surface area contributed by atoms with Crippen molar-refractivity contribution in [3.63, 3.8) is 0 Å². The number of carbonyl (C=O) groups is 1. The van der Waals surface area contributed by atoms with Crippen LogP contribution in [-0.2, 0) is 29.0 Å². The number of nitrogens with one attached hydrogen (secondary N) is 1. The number of esters is 1. The Morgan fingerprint density at radius 1 is 1.29 bits per heavy atom. The molecule has 3 heterocycles. The molecule has 0 amide bonds. The van der Waals surface area contributed by atoms with Gasteiger partial charge >= 0.3 is 13.7 Å². The van der Waals surface area contributed by atoms with Crippen LogP contribution in [0.4, 0.5) is 5.82 Å². The number of carbonyl (C=O) groups excluding carboxylic acids is 1. The van der Waals surface area contributed by atoms with Crippen molar-refractivity contribution in [3.05, 3.63) is 54.5 Å². The molecule has 0 radical (unpaired) electrons. The number of hydrogen-bond acceptors (Lipinski definition) is 12. The molecule has 7 atom stereocenters. The van der Waals surface area contributed by atoms with Gasteiger partial charge in [-0.15, -0.1) is 0 Å². The maximum Gasteiger partial charge on any atom is 0.459 e. The summed E-state index contributed by atoms with van der Waals surface area (Å²) in [6, 6.07) is 12.0. The number of aliphatic hydroxyl groups excluding tert-OH is 2. The molecular formula is C27H35N6O8P. The Labute approximate surface area is 242 Å². The quantitative estimate of drug-likeness (QED) is 0.164. The van der Waals surface area contributed by atoms with E-state index in [9.17, 15) is 24.8 Å². The fourth-order valence-electron chi connectivity index (χ4n) is 4.66. The van der Waals surface area contributed by atoms with Crippen molar-refractivity contribution >= 4 is 25.1 Å². The van der Waals surface area contributed by atoms with Crippen molar-refractivity contribution in [1.82, 2.24) is 19.7 Å². The zero-order chi connectivity index (χ0) is 30.5. The molecule has 2 aromatic heterocycles. The summed E-state index contributed by atoms with van der Waals surface area (Å²) < 4.78 is 38.0. The number of fused-ring (bicyclic) bond motifs is 1. The summed E-state index contributed by atoms with van der Waals surface area (Å²) in [5.41, 5.74) is 4.28. The van der Waals surface area contributed by atoms with Crippen molar-refractivity contribution in [2.75, 3.05) is 12.3 Å². The number of nitrogen functional groups attached to an aromatic ring is 1. The third-order valence-electron chi connectivity index (χ3n) is 6.92. The van der Waals surface area contributed by atoms with Crippen LogP contribution in [0.5, 0.6) is 5.75 Å². The van der Waals surface area contributed by atoms with E-state index in [0.29, 0.717) is 18.4 Å². The van der Waals surface area contributed by atoms with Gasteiger partial charge in [-0.05, 0) is 44.0 Å². The van der Waals surface area contributed by atoms with E-state index in [0.717, 1.165) is 6.42 Å². The Kier molecular flexibility index (Phi) is 9.83. The first kappa shape index (κ1) is 31.4. The summed E-state index contributed by atoms with van der Waals surface area (Å²) in [5, 5.41) is 38.7. The van der Waals surface area contributed by atoms with E-state index in [4.69, 9.17) is 24.3 Å². The molecule has 0 spiro atoms. The van der Waals surface area contributed by atoms with Gasteiger partial charge in [-0.2, -0.15) is 15.4 Å². The first-order valence-electron chi connectivity index (χ1n) is 13.6. The number of ether oxygens (including phenoxy) is 2. The number of anilines is 1.